The van der Waals surface area contributed by atoms with Gasteiger partial charge in [-0.25, -0.2) is 0 Å². The molecule has 1 amide bonds. The number of ether oxygens (including phenoxy) is 1. The summed E-state index contributed by atoms with van der Waals surface area (Å²) in [6.45, 7) is 5.80. The zero-order chi connectivity index (χ0) is 21.3. The number of amides is 1. The summed E-state index contributed by atoms with van der Waals surface area (Å²) in [6.07, 6.45) is 0.0936. The molecule has 1 aliphatic heterocycles. The number of aryl methyl sites for hydroxylation is 1. The standard InChI is InChI=1S/C22H23N3O4S/c1-13(2)21-23-18(29-24-21)12-28-22(27)16-11-19(26)25(15-8-6-14(3)7-9-15)20(16)17-5-4-10-30-17/h4-10,13,16,20H,11-12H2,1-3H3. The third kappa shape index (κ3) is 4.00. The molecule has 4 rings (SSSR count). The molecule has 8 heteroatoms. The Morgan fingerprint density at radius 1 is 1.30 bits per heavy atom. The number of nitrogens with zero attached hydrogens (tertiary/aromatic N) is 3. The Kier molecular flexibility index (Phi) is 5.67. The average Bonchev–Trinajstić information content (AvgIpc) is 3.46. The normalized spacial score (nSPS) is 18.9. The molecule has 2 unspecified atom stereocenters. The van der Waals surface area contributed by atoms with Crippen LogP contribution in [0.4, 0.5) is 5.69 Å². The Morgan fingerprint density at radius 2 is 2.07 bits per heavy atom. The minimum absolute atomic E-state index is 0.0936. The molecule has 3 aromatic rings. The average molecular weight is 426 g/mol. The third-order valence-corrected chi connectivity index (χ3v) is 6.05. The molecule has 0 N–H and O–H groups in total. The van der Waals surface area contributed by atoms with Crippen LogP contribution >= 0.6 is 11.3 Å². The van der Waals surface area contributed by atoms with Crippen LogP contribution in [0.2, 0.25) is 0 Å². The van der Waals surface area contributed by atoms with Gasteiger partial charge in [0.2, 0.25) is 5.91 Å². The summed E-state index contributed by atoms with van der Waals surface area (Å²) in [6, 6.07) is 11.2. The highest BCUT2D eigenvalue weighted by Gasteiger charge is 2.46. The van der Waals surface area contributed by atoms with Crippen LogP contribution in [0.1, 0.15) is 54.4 Å². The fourth-order valence-corrected chi connectivity index (χ4v) is 4.42. The molecule has 0 spiro atoms. The van der Waals surface area contributed by atoms with Crippen molar-refractivity contribution in [1.82, 2.24) is 10.1 Å². The van der Waals surface area contributed by atoms with Crippen molar-refractivity contribution in [2.75, 3.05) is 4.90 Å². The largest absolute Gasteiger partial charge is 0.455 e. The first-order chi connectivity index (χ1) is 14.4. The lowest BCUT2D eigenvalue weighted by molar-refractivity contribution is -0.151. The van der Waals surface area contributed by atoms with E-state index in [4.69, 9.17) is 9.26 Å². The van der Waals surface area contributed by atoms with Crippen LogP contribution in [-0.4, -0.2) is 22.0 Å². The zero-order valence-corrected chi connectivity index (χ0v) is 17.9. The van der Waals surface area contributed by atoms with Crippen LogP contribution in [0.5, 0.6) is 0 Å². The smallest absolute Gasteiger partial charge is 0.312 e. The highest BCUT2D eigenvalue weighted by Crippen LogP contribution is 2.43. The molecule has 1 saturated heterocycles. The molecule has 0 radical (unpaired) electrons. The van der Waals surface area contributed by atoms with E-state index in [0.29, 0.717) is 5.82 Å². The van der Waals surface area contributed by atoms with Gasteiger partial charge < -0.3 is 14.2 Å². The summed E-state index contributed by atoms with van der Waals surface area (Å²) in [7, 11) is 0. The van der Waals surface area contributed by atoms with E-state index in [1.165, 1.54) is 11.3 Å². The maximum atomic E-state index is 13.0. The number of thiophene rings is 1. The maximum Gasteiger partial charge on any atom is 0.312 e. The predicted molar refractivity (Wildman–Crippen MR) is 112 cm³/mol. The summed E-state index contributed by atoms with van der Waals surface area (Å²) >= 11 is 1.52. The van der Waals surface area contributed by atoms with Crippen molar-refractivity contribution >= 4 is 28.9 Å². The van der Waals surface area contributed by atoms with Crippen molar-refractivity contribution in [3.05, 3.63) is 63.9 Å². The molecule has 3 heterocycles. The molecule has 30 heavy (non-hydrogen) atoms. The summed E-state index contributed by atoms with van der Waals surface area (Å²) in [5, 5.41) is 5.82. The highest BCUT2D eigenvalue weighted by molar-refractivity contribution is 7.10. The number of anilines is 1. The van der Waals surface area contributed by atoms with Crippen LogP contribution in [0.25, 0.3) is 0 Å². The van der Waals surface area contributed by atoms with Crippen molar-refractivity contribution in [3.63, 3.8) is 0 Å². The number of hydrogen-bond donors (Lipinski definition) is 0. The van der Waals surface area contributed by atoms with Crippen LogP contribution in [0.3, 0.4) is 0 Å². The first-order valence-corrected chi connectivity index (χ1v) is 10.7. The Hall–Kier alpha value is -3.00. The minimum Gasteiger partial charge on any atom is -0.455 e. The van der Waals surface area contributed by atoms with E-state index in [0.717, 1.165) is 16.1 Å². The van der Waals surface area contributed by atoms with Gasteiger partial charge in [-0.05, 0) is 30.5 Å². The highest BCUT2D eigenvalue weighted by atomic mass is 32.1. The molecule has 1 aromatic carbocycles. The van der Waals surface area contributed by atoms with Crippen molar-refractivity contribution in [2.45, 2.75) is 45.8 Å². The number of rotatable bonds is 6. The van der Waals surface area contributed by atoms with Gasteiger partial charge >= 0.3 is 5.97 Å². The Bertz CT molecular complexity index is 1030. The van der Waals surface area contributed by atoms with Crippen LogP contribution in [0.15, 0.2) is 46.3 Å². The van der Waals surface area contributed by atoms with Gasteiger partial charge in [0.15, 0.2) is 12.4 Å². The first kappa shape index (κ1) is 20.3. The molecule has 7 nitrogen and oxygen atoms in total. The van der Waals surface area contributed by atoms with Gasteiger partial charge in [-0.15, -0.1) is 11.3 Å². The molecule has 0 aliphatic carbocycles. The van der Waals surface area contributed by atoms with E-state index in [1.807, 2.05) is 62.5 Å². The molecule has 2 atom stereocenters. The topological polar surface area (TPSA) is 85.5 Å². The van der Waals surface area contributed by atoms with Gasteiger partial charge in [0.05, 0.1) is 12.0 Å². The molecule has 1 aliphatic rings. The molecule has 0 bridgehead atoms. The fraction of sp³-hybridized carbons (Fsp3) is 0.364. The van der Waals surface area contributed by atoms with Gasteiger partial charge in [0.25, 0.3) is 5.89 Å². The van der Waals surface area contributed by atoms with Gasteiger partial charge in [-0.2, -0.15) is 4.98 Å². The van der Waals surface area contributed by atoms with E-state index >= 15 is 0 Å². The van der Waals surface area contributed by atoms with E-state index in [2.05, 4.69) is 10.1 Å². The minimum atomic E-state index is -0.607. The molecular weight excluding hydrogens is 402 g/mol. The summed E-state index contributed by atoms with van der Waals surface area (Å²) in [5.74, 6) is -0.208. The zero-order valence-electron chi connectivity index (χ0n) is 17.1. The number of hydrogen-bond acceptors (Lipinski definition) is 7. The molecular formula is C22H23N3O4S. The number of carbonyl (C=O) groups is 2. The monoisotopic (exact) mass is 425 g/mol. The Morgan fingerprint density at radius 3 is 2.70 bits per heavy atom. The maximum absolute atomic E-state index is 13.0. The molecule has 0 saturated carbocycles. The number of benzene rings is 1. The summed E-state index contributed by atoms with van der Waals surface area (Å²) in [4.78, 5) is 32.8. The number of esters is 1. The van der Waals surface area contributed by atoms with Crippen LogP contribution < -0.4 is 4.90 Å². The van der Waals surface area contributed by atoms with Gasteiger partial charge in [0.1, 0.15) is 0 Å². The van der Waals surface area contributed by atoms with Crippen LogP contribution in [-0.2, 0) is 20.9 Å². The second kappa shape index (κ2) is 8.39. The summed E-state index contributed by atoms with van der Waals surface area (Å²) in [5.41, 5.74) is 1.88. The molecule has 156 valence electrons. The van der Waals surface area contributed by atoms with Gasteiger partial charge in [-0.3, -0.25) is 9.59 Å². The second-order valence-corrected chi connectivity index (χ2v) is 8.66. The first-order valence-electron chi connectivity index (χ1n) is 9.85. The van der Waals surface area contributed by atoms with Crippen molar-refractivity contribution in [1.29, 1.82) is 0 Å². The number of carbonyl (C=O) groups excluding carboxylic acids is 2. The SMILES string of the molecule is Cc1ccc(N2C(=O)CC(C(=O)OCc3nc(C(C)C)no3)C2c2cccs2)cc1. The van der Waals surface area contributed by atoms with Crippen LogP contribution in [0, 0.1) is 12.8 Å². The predicted octanol–water partition coefficient (Wildman–Crippen LogP) is 4.40. The fourth-order valence-electron chi connectivity index (χ4n) is 3.54. The molecule has 2 aromatic heterocycles. The van der Waals surface area contributed by atoms with Crippen molar-refractivity contribution in [2.24, 2.45) is 5.92 Å². The van der Waals surface area contributed by atoms with Gasteiger partial charge in [0, 0.05) is 22.9 Å². The van der Waals surface area contributed by atoms with E-state index in [9.17, 15) is 9.59 Å². The van der Waals surface area contributed by atoms with E-state index in [1.54, 1.807) is 4.90 Å². The van der Waals surface area contributed by atoms with Gasteiger partial charge in [-0.1, -0.05) is 42.8 Å². The lowest BCUT2D eigenvalue weighted by Gasteiger charge is -2.27. The summed E-state index contributed by atoms with van der Waals surface area (Å²) < 4.78 is 10.6. The van der Waals surface area contributed by atoms with Crippen molar-refractivity contribution < 1.29 is 18.8 Å². The lowest BCUT2D eigenvalue weighted by atomic mass is 9.99. The second-order valence-electron chi connectivity index (χ2n) is 7.68. The molecule has 1 fully saturated rings. The Labute approximate surface area is 178 Å². The van der Waals surface area contributed by atoms with Crippen molar-refractivity contribution in [3.8, 4) is 0 Å². The quantitative estimate of drug-likeness (QED) is 0.544. The number of aromatic nitrogens is 2. The lowest BCUT2D eigenvalue weighted by Crippen LogP contribution is -2.30. The van der Waals surface area contributed by atoms with E-state index in [-0.39, 0.29) is 30.7 Å². The third-order valence-electron chi connectivity index (χ3n) is 5.11. The Balaban J connectivity index is 1.55. The van der Waals surface area contributed by atoms with E-state index < -0.39 is 17.9 Å².